The number of para-hydroxylation sites is 1. The van der Waals surface area contributed by atoms with Crippen LogP contribution in [0.2, 0.25) is 0 Å². The van der Waals surface area contributed by atoms with Crippen molar-refractivity contribution in [3.63, 3.8) is 0 Å². The molecule has 1 aromatic heterocycles. The molecule has 4 rings (SSSR count). The van der Waals surface area contributed by atoms with E-state index in [-0.39, 0.29) is 12.4 Å². The topological polar surface area (TPSA) is 45.2 Å². The molecule has 1 aliphatic rings. The summed E-state index contributed by atoms with van der Waals surface area (Å²) in [5.41, 5.74) is 5.37. The third kappa shape index (κ3) is 2.92. The summed E-state index contributed by atoms with van der Waals surface area (Å²) in [6.45, 7) is 0. The molecule has 3 aromatic rings. The first-order chi connectivity index (χ1) is 10.9. The number of hydrogen-bond donors (Lipinski definition) is 2. The van der Waals surface area contributed by atoms with E-state index in [0.29, 0.717) is 11.6 Å². The molecule has 0 saturated carbocycles. The lowest BCUT2D eigenvalue weighted by Gasteiger charge is -2.21. The Morgan fingerprint density at radius 2 is 1.57 bits per heavy atom. The number of benzene rings is 2. The summed E-state index contributed by atoms with van der Waals surface area (Å²) in [6, 6.07) is 23.9. The first-order valence-corrected chi connectivity index (χ1v) is 7.08. The number of halogens is 1. The molecule has 1 aliphatic heterocycles. The number of quaternary nitrogens is 1. The number of furan rings is 1. The summed E-state index contributed by atoms with van der Waals surface area (Å²) < 4.78 is 5.45. The molecule has 0 fully saturated rings. The second kappa shape index (κ2) is 6.56. The van der Waals surface area contributed by atoms with Gasteiger partial charge in [0.15, 0.2) is 11.4 Å². The fraction of sp³-hybridized carbons (Fsp3) is 0. The van der Waals surface area contributed by atoms with Crippen LogP contribution in [0.25, 0.3) is 0 Å². The minimum absolute atomic E-state index is 0. The molecule has 23 heavy (non-hydrogen) atoms. The highest BCUT2D eigenvalue weighted by atomic mass is 35.5. The molecule has 5 nitrogen and oxygen atoms in total. The van der Waals surface area contributed by atoms with Crippen molar-refractivity contribution < 1.29 is 21.9 Å². The first kappa shape index (κ1) is 15.1. The summed E-state index contributed by atoms with van der Waals surface area (Å²) in [5.74, 6) is 1.42. The minimum atomic E-state index is 0. The van der Waals surface area contributed by atoms with E-state index in [1.807, 2.05) is 77.9 Å². The Kier molecular flexibility index (Phi) is 4.32. The zero-order chi connectivity index (χ0) is 14.8. The first-order valence-electron chi connectivity index (χ1n) is 7.08. The largest absolute Gasteiger partial charge is 1.00 e. The summed E-state index contributed by atoms with van der Waals surface area (Å²) in [6.07, 6.45) is 1.65. The standard InChI is InChI=1S/C17H14N4O.ClH/c1-3-8-14(9-4-1)20-18-17(16-12-7-13-22-16)19-21(20)15-10-5-2-6-11-15;/h1-13H,(H,18,19);1H. The van der Waals surface area contributed by atoms with E-state index in [4.69, 9.17) is 9.52 Å². The monoisotopic (exact) mass is 326 g/mol. The fourth-order valence-corrected chi connectivity index (χ4v) is 2.41. The molecule has 0 amide bonds. The van der Waals surface area contributed by atoms with Gasteiger partial charge in [0, 0.05) is 12.1 Å². The van der Waals surface area contributed by atoms with Gasteiger partial charge in [-0.05, 0) is 29.4 Å². The number of nitrogens with zero attached hydrogens (tertiary/aromatic N) is 2. The van der Waals surface area contributed by atoms with Gasteiger partial charge in [0.05, 0.1) is 6.26 Å². The zero-order valence-electron chi connectivity index (χ0n) is 12.2. The van der Waals surface area contributed by atoms with Gasteiger partial charge in [-0.1, -0.05) is 46.6 Å². The van der Waals surface area contributed by atoms with Gasteiger partial charge in [-0.3, -0.25) is 0 Å². The highest BCUT2D eigenvalue weighted by Gasteiger charge is 2.32. The predicted octanol–water partition coefficient (Wildman–Crippen LogP) is -0.898. The summed E-state index contributed by atoms with van der Waals surface area (Å²) in [4.78, 5) is 0. The van der Waals surface area contributed by atoms with Crippen molar-refractivity contribution in [1.82, 2.24) is 5.43 Å². The zero-order valence-corrected chi connectivity index (χ0v) is 12.9. The van der Waals surface area contributed by atoms with Gasteiger partial charge in [0.25, 0.3) is 5.84 Å². The number of nitrogens with one attached hydrogen (secondary N) is 2. The normalized spacial score (nSPS) is 16.4. The van der Waals surface area contributed by atoms with Crippen molar-refractivity contribution in [2.24, 2.45) is 5.10 Å². The molecule has 1 unspecified atom stereocenters. The van der Waals surface area contributed by atoms with Gasteiger partial charge in [-0.25, -0.2) is 5.43 Å². The summed E-state index contributed by atoms with van der Waals surface area (Å²) in [7, 11) is 0. The molecule has 116 valence electrons. The van der Waals surface area contributed by atoms with Crippen LogP contribution in [0.4, 0.5) is 11.4 Å². The van der Waals surface area contributed by atoms with Crippen LogP contribution in [0.1, 0.15) is 5.76 Å². The van der Waals surface area contributed by atoms with Crippen LogP contribution in [-0.4, -0.2) is 5.84 Å². The van der Waals surface area contributed by atoms with E-state index >= 15 is 0 Å². The molecule has 2 aromatic carbocycles. The second-order valence-electron chi connectivity index (χ2n) is 4.91. The van der Waals surface area contributed by atoms with Crippen molar-refractivity contribution in [3.05, 3.63) is 84.8 Å². The molecule has 2 heterocycles. The Labute approximate surface area is 140 Å². The Morgan fingerprint density at radius 1 is 0.870 bits per heavy atom. The summed E-state index contributed by atoms with van der Waals surface area (Å²) in [5, 5.41) is 7.52. The van der Waals surface area contributed by atoms with Crippen molar-refractivity contribution in [2.75, 3.05) is 5.12 Å². The van der Waals surface area contributed by atoms with Gasteiger partial charge in [-0.15, -0.1) is 0 Å². The lowest BCUT2D eigenvalue weighted by Crippen LogP contribution is -3.10. The van der Waals surface area contributed by atoms with Crippen LogP contribution in [0.3, 0.4) is 0 Å². The number of anilines is 1. The molecule has 2 N–H and O–H groups in total. The molecular weight excluding hydrogens is 312 g/mol. The molecule has 1 atom stereocenters. The van der Waals surface area contributed by atoms with Crippen LogP contribution in [0, 0.1) is 0 Å². The summed E-state index contributed by atoms with van der Waals surface area (Å²) >= 11 is 0. The van der Waals surface area contributed by atoms with Crippen LogP contribution in [-0.2, 0) is 0 Å². The highest BCUT2D eigenvalue weighted by Crippen LogP contribution is 2.13. The predicted molar refractivity (Wildman–Crippen MR) is 84.4 cm³/mol. The maximum atomic E-state index is 5.45. The van der Waals surface area contributed by atoms with Gasteiger partial charge in [-0.2, -0.15) is 0 Å². The van der Waals surface area contributed by atoms with Crippen LogP contribution >= 0.6 is 0 Å². The molecular formula is C17H15ClN4O. The number of hydrogen-bond acceptors (Lipinski definition) is 4. The van der Waals surface area contributed by atoms with Crippen LogP contribution in [0.5, 0.6) is 0 Å². The van der Waals surface area contributed by atoms with E-state index < -0.39 is 0 Å². The van der Waals surface area contributed by atoms with Crippen molar-refractivity contribution in [3.8, 4) is 0 Å². The Balaban J connectivity index is 0.00000156. The molecule has 6 heteroatoms. The fourth-order valence-electron chi connectivity index (χ4n) is 2.41. The van der Waals surface area contributed by atoms with Crippen molar-refractivity contribution in [2.45, 2.75) is 0 Å². The average molecular weight is 327 g/mol. The van der Waals surface area contributed by atoms with Gasteiger partial charge >= 0.3 is 0 Å². The van der Waals surface area contributed by atoms with Crippen molar-refractivity contribution >= 4 is 17.2 Å². The van der Waals surface area contributed by atoms with Crippen LogP contribution in [0.15, 0.2) is 88.6 Å². The Hall–Kier alpha value is -2.76. The van der Waals surface area contributed by atoms with E-state index in [9.17, 15) is 0 Å². The smallest absolute Gasteiger partial charge is 0.250 e. The lowest BCUT2D eigenvalue weighted by atomic mass is 10.3. The van der Waals surface area contributed by atoms with E-state index in [1.165, 1.54) is 0 Å². The molecule has 0 bridgehead atoms. The number of rotatable bonds is 3. The average Bonchev–Trinajstić information content (AvgIpc) is 3.26. The quantitative estimate of drug-likeness (QED) is 0.656. The van der Waals surface area contributed by atoms with E-state index in [2.05, 4.69) is 5.43 Å². The van der Waals surface area contributed by atoms with Gasteiger partial charge in [0.2, 0.25) is 0 Å². The minimum Gasteiger partial charge on any atom is -1.00 e. The van der Waals surface area contributed by atoms with Gasteiger partial charge in [0.1, 0.15) is 5.69 Å². The third-order valence-corrected chi connectivity index (χ3v) is 3.45. The van der Waals surface area contributed by atoms with Crippen LogP contribution < -0.4 is 28.1 Å². The lowest BCUT2D eigenvalue weighted by molar-refractivity contribution is -0.846. The Bertz CT molecular complexity index is 775. The van der Waals surface area contributed by atoms with E-state index in [0.717, 1.165) is 16.5 Å². The Morgan fingerprint density at radius 3 is 2.22 bits per heavy atom. The van der Waals surface area contributed by atoms with E-state index in [1.54, 1.807) is 6.26 Å². The number of amidine groups is 1. The molecule has 0 aliphatic carbocycles. The van der Waals surface area contributed by atoms with Gasteiger partial charge < -0.3 is 16.8 Å². The maximum Gasteiger partial charge on any atom is 0.250 e. The molecule has 0 spiro atoms. The third-order valence-electron chi connectivity index (χ3n) is 3.45. The number of hydrazine groups is 1. The maximum absolute atomic E-state index is 5.45. The highest BCUT2D eigenvalue weighted by molar-refractivity contribution is 5.97. The van der Waals surface area contributed by atoms with Crippen molar-refractivity contribution in [1.29, 1.82) is 0 Å². The SMILES string of the molecule is [Cl-].c1ccc(N2NC(c3ccco3)=N[NH+]2c2ccccc2)cc1. The second-order valence-corrected chi connectivity index (χ2v) is 4.91. The molecule has 0 radical (unpaired) electrons. The molecule has 0 saturated heterocycles.